The standard InChI is InChI=1S/C15H21Br2NOS/c1-2-15(9-16,10-17)18-14(19)13-8-11-6-4-3-5-7-12(11)20-13/h8H,2-7,9-10H2,1H3,(H,18,19). The number of fused-ring (bicyclic) bond motifs is 1. The number of hydrogen-bond acceptors (Lipinski definition) is 2. The molecule has 0 fully saturated rings. The van der Waals surface area contributed by atoms with Crippen molar-refractivity contribution >= 4 is 49.1 Å². The maximum atomic E-state index is 12.5. The normalized spacial score (nSPS) is 15.6. The van der Waals surface area contributed by atoms with Crippen LogP contribution >= 0.6 is 43.2 Å². The van der Waals surface area contributed by atoms with Crippen molar-refractivity contribution in [2.24, 2.45) is 0 Å². The molecule has 2 nitrogen and oxygen atoms in total. The van der Waals surface area contributed by atoms with Gasteiger partial charge in [-0.25, -0.2) is 0 Å². The van der Waals surface area contributed by atoms with Gasteiger partial charge >= 0.3 is 0 Å². The van der Waals surface area contributed by atoms with Gasteiger partial charge in [-0.15, -0.1) is 11.3 Å². The zero-order valence-corrected chi connectivity index (χ0v) is 15.8. The molecule has 0 bridgehead atoms. The van der Waals surface area contributed by atoms with Crippen LogP contribution in [0.1, 0.15) is 52.7 Å². The Morgan fingerprint density at radius 1 is 1.30 bits per heavy atom. The molecule has 0 saturated carbocycles. The Kier molecular flexibility index (Phi) is 6.11. The number of carbonyl (C=O) groups excluding carboxylic acids is 1. The lowest BCUT2D eigenvalue weighted by atomic mass is 10.0. The molecule has 0 aliphatic heterocycles. The molecule has 2 rings (SSSR count). The second-order valence-corrected chi connectivity index (χ2v) is 7.73. The predicted octanol–water partition coefficient (Wildman–Crippen LogP) is 4.69. The third kappa shape index (κ3) is 3.66. The molecule has 1 aromatic heterocycles. The van der Waals surface area contributed by atoms with Crippen molar-refractivity contribution in [1.29, 1.82) is 0 Å². The average molecular weight is 423 g/mol. The molecule has 20 heavy (non-hydrogen) atoms. The minimum atomic E-state index is -0.196. The van der Waals surface area contributed by atoms with Gasteiger partial charge in [-0.05, 0) is 43.7 Å². The van der Waals surface area contributed by atoms with Crippen LogP contribution in [-0.2, 0) is 12.8 Å². The van der Waals surface area contributed by atoms with E-state index in [4.69, 9.17) is 0 Å². The Labute approximate surface area is 142 Å². The third-order valence-electron chi connectivity index (χ3n) is 4.04. The van der Waals surface area contributed by atoms with Crippen LogP contribution in [0, 0.1) is 0 Å². The van der Waals surface area contributed by atoms with Crippen molar-refractivity contribution in [3.8, 4) is 0 Å². The molecule has 0 aromatic carbocycles. The van der Waals surface area contributed by atoms with Gasteiger partial charge in [0.1, 0.15) is 0 Å². The maximum absolute atomic E-state index is 12.5. The number of alkyl halides is 2. The van der Waals surface area contributed by atoms with Crippen LogP contribution in [0.3, 0.4) is 0 Å². The first-order chi connectivity index (χ1) is 9.64. The molecular weight excluding hydrogens is 402 g/mol. The first-order valence-electron chi connectivity index (χ1n) is 7.20. The lowest BCUT2D eigenvalue weighted by Crippen LogP contribution is -2.50. The van der Waals surface area contributed by atoms with Crippen molar-refractivity contribution in [2.45, 2.75) is 51.0 Å². The van der Waals surface area contributed by atoms with Crippen molar-refractivity contribution in [2.75, 3.05) is 10.7 Å². The minimum absolute atomic E-state index is 0.0730. The third-order valence-corrected chi connectivity index (χ3v) is 7.42. The van der Waals surface area contributed by atoms with E-state index in [1.165, 1.54) is 29.7 Å². The molecule has 0 radical (unpaired) electrons. The first kappa shape index (κ1) is 16.5. The summed E-state index contributed by atoms with van der Waals surface area (Å²) in [5.41, 5.74) is 1.20. The summed E-state index contributed by atoms with van der Waals surface area (Å²) in [6, 6.07) is 2.11. The summed E-state index contributed by atoms with van der Waals surface area (Å²) in [5, 5.41) is 4.72. The highest BCUT2D eigenvalue weighted by Crippen LogP contribution is 2.29. The molecule has 1 aromatic rings. The lowest BCUT2D eigenvalue weighted by molar-refractivity contribution is 0.0919. The van der Waals surface area contributed by atoms with Crippen molar-refractivity contribution < 1.29 is 4.79 Å². The number of aryl methyl sites for hydroxylation is 2. The molecule has 1 aliphatic rings. The van der Waals surface area contributed by atoms with Gasteiger partial charge in [0, 0.05) is 15.5 Å². The topological polar surface area (TPSA) is 29.1 Å². The number of nitrogens with one attached hydrogen (secondary N) is 1. The van der Waals surface area contributed by atoms with E-state index in [1.54, 1.807) is 11.3 Å². The average Bonchev–Trinajstić information content (AvgIpc) is 2.76. The van der Waals surface area contributed by atoms with E-state index in [2.05, 4.69) is 50.2 Å². The Morgan fingerprint density at radius 2 is 2.00 bits per heavy atom. The summed E-state index contributed by atoms with van der Waals surface area (Å²) >= 11 is 8.73. The number of thiophene rings is 1. The zero-order chi connectivity index (χ0) is 14.6. The summed E-state index contributed by atoms with van der Waals surface area (Å²) in [7, 11) is 0. The summed E-state index contributed by atoms with van der Waals surface area (Å²) < 4.78 is 0. The number of rotatable bonds is 5. The highest BCUT2D eigenvalue weighted by atomic mass is 79.9. The van der Waals surface area contributed by atoms with Crippen LogP contribution in [0.4, 0.5) is 0 Å². The number of amides is 1. The Balaban J connectivity index is 2.13. The zero-order valence-electron chi connectivity index (χ0n) is 11.8. The van der Waals surface area contributed by atoms with Gasteiger partial charge in [-0.2, -0.15) is 0 Å². The minimum Gasteiger partial charge on any atom is -0.344 e. The van der Waals surface area contributed by atoms with Crippen molar-refractivity contribution in [1.82, 2.24) is 5.32 Å². The van der Waals surface area contributed by atoms with Gasteiger partial charge in [-0.3, -0.25) is 4.79 Å². The number of carbonyl (C=O) groups is 1. The van der Waals surface area contributed by atoms with Gasteiger partial charge in [0.2, 0.25) is 0 Å². The first-order valence-corrected chi connectivity index (χ1v) is 10.3. The Bertz CT molecular complexity index is 437. The van der Waals surface area contributed by atoms with Gasteiger partial charge in [0.25, 0.3) is 5.91 Å². The second kappa shape index (κ2) is 7.41. The molecule has 1 aliphatic carbocycles. The van der Waals surface area contributed by atoms with E-state index in [-0.39, 0.29) is 11.4 Å². The number of hydrogen-bond donors (Lipinski definition) is 1. The number of halogens is 2. The van der Waals surface area contributed by atoms with Gasteiger partial charge in [0.05, 0.1) is 10.4 Å². The summed E-state index contributed by atoms with van der Waals surface area (Å²) in [5.74, 6) is 0.0730. The molecule has 1 heterocycles. The Morgan fingerprint density at radius 3 is 2.65 bits per heavy atom. The summed E-state index contributed by atoms with van der Waals surface area (Å²) in [6.45, 7) is 2.10. The molecule has 5 heteroatoms. The van der Waals surface area contributed by atoms with Crippen LogP contribution in [0.25, 0.3) is 0 Å². The van der Waals surface area contributed by atoms with Crippen molar-refractivity contribution in [3.63, 3.8) is 0 Å². The van der Waals surface area contributed by atoms with Crippen LogP contribution < -0.4 is 5.32 Å². The fourth-order valence-electron chi connectivity index (χ4n) is 2.46. The van der Waals surface area contributed by atoms with Crippen molar-refractivity contribution in [3.05, 3.63) is 21.4 Å². The largest absolute Gasteiger partial charge is 0.344 e. The van der Waals surface area contributed by atoms with E-state index < -0.39 is 0 Å². The van der Waals surface area contributed by atoms with Gasteiger partial charge in [0.15, 0.2) is 0 Å². The quantitative estimate of drug-likeness (QED) is 0.541. The van der Waals surface area contributed by atoms with Crippen LogP contribution in [0.5, 0.6) is 0 Å². The second-order valence-electron chi connectivity index (χ2n) is 5.47. The smallest absolute Gasteiger partial charge is 0.261 e. The highest BCUT2D eigenvalue weighted by molar-refractivity contribution is 9.09. The van der Waals surface area contributed by atoms with Gasteiger partial charge in [-0.1, -0.05) is 45.2 Å². The maximum Gasteiger partial charge on any atom is 0.261 e. The molecule has 0 atom stereocenters. The fourth-order valence-corrected chi connectivity index (χ4v) is 5.61. The fraction of sp³-hybridized carbons (Fsp3) is 0.667. The monoisotopic (exact) mass is 421 g/mol. The van der Waals surface area contributed by atoms with E-state index in [0.29, 0.717) is 0 Å². The van der Waals surface area contributed by atoms with E-state index in [1.807, 2.05) is 0 Å². The predicted molar refractivity (Wildman–Crippen MR) is 93.7 cm³/mol. The SMILES string of the molecule is CCC(CBr)(CBr)NC(=O)c1cc2c(s1)CCCCC2. The van der Waals surface area contributed by atoms with Gasteiger partial charge < -0.3 is 5.32 Å². The van der Waals surface area contributed by atoms with Crippen LogP contribution in [-0.4, -0.2) is 22.1 Å². The lowest BCUT2D eigenvalue weighted by Gasteiger charge is -2.29. The molecule has 0 unspecified atom stereocenters. The molecule has 0 saturated heterocycles. The summed E-state index contributed by atoms with van der Waals surface area (Å²) in [4.78, 5) is 14.8. The van der Waals surface area contributed by atoms with Crippen LogP contribution in [0.15, 0.2) is 6.07 Å². The Hall–Kier alpha value is 0.130. The molecule has 1 amide bonds. The molecule has 0 spiro atoms. The van der Waals surface area contributed by atoms with E-state index >= 15 is 0 Å². The van der Waals surface area contributed by atoms with Crippen LogP contribution in [0.2, 0.25) is 0 Å². The summed E-state index contributed by atoms with van der Waals surface area (Å²) in [6.07, 6.45) is 7.01. The highest BCUT2D eigenvalue weighted by Gasteiger charge is 2.29. The molecule has 1 N–H and O–H groups in total. The van der Waals surface area contributed by atoms with E-state index in [0.717, 1.165) is 34.8 Å². The van der Waals surface area contributed by atoms with E-state index in [9.17, 15) is 4.79 Å². The molecular formula is C15H21Br2NOS. The molecule has 112 valence electrons.